The van der Waals surface area contributed by atoms with Gasteiger partial charge in [0.1, 0.15) is 17.3 Å². The number of aryl methyl sites for hydroxylation is 1. The van der Waals surface area contributed by atoms with Crippen molar-refractivity contribution in [3.8, 4) is 23.0 Å². The van der Waals surface area contributed by atoms with E-state index in [0.29, 0.717) is 43.4 Å². The van der Waals surface area contributed by atoms with Crippen molar-refractivity contribution in [3.63, 3.8) is 0 Å². The van der Waals surface area contributed by atoms with Crippen LogP contribution in [0.3, 0.4) is 0 Å². The van der Waals surface area contributed by atoms with Gasteiger partial charge in [0.2, 0.25) is 11.8 Å². The number of rotatable bonds is 5. The second-order valence-electron chi connectivity index (χ2n) is 6.46. The summed E-state index contributed by atoms with van der Waals surface area (Å²) in [5, 5.41) is 2.93. The van der Waals surface area contributed by atoms with Gasteiger partial charge in [-0.1, -0.05) is 0 Å². The number of hydrogen-bond donors (Lipinski definition) is 1. The minimum absolute atomic E-state index is 0.0954. The molecule has 1 aliphatic heterocycles. The van der Waals surface area contributed by atoms with E-state index in [2.05, 4.69) is 17.1 Å². The van der Waals surface area contributed by atoms with Crippen molar-refractivity contribution in [2.45, 2.75) is 32.9 Å². The third-order valence-corrected chi connectivity index (χ3v) is 4.73. The number of nitrogens with zero attached hydrogens (tertiary/aromatic N) is 2. The number of methoxy groups -OCH3 is 2. The molecule has 2 aromatic rings. The van der Waals surface area contributed by atoms with Crippen LogP contribution in [-0.2, 0) is 11.3 Å². The number of benzene rings is 1. The molecule has 7 nitrogen and oxygen atoms in total. The first kappa shape index (κ1) is 18.3. The molecule has 1 atom stereocenters. The molecule has 3 rings (SSSR count). The summed E-state index contributed by atoms with van der Waals surface area (Å²) < 4.78 is 16.6. The molecule has 26 heavy (non-hydrogen) atoms. The molecule has 0 spiro atoms. The van der Waals surface area contributed by atoms with E-state index < -0.39 is 0 Å². The predicted octanol–water partition coefficient (Wildman–Crippen LogP) is 2.38. The van der Waals surface area contributed by atoms with Gasteiger partial charge in [-0.2, -0.15) is 0 Å². The summed E-state index contributed by atoms with van der Waals surface area (Å²) in [7, 11) is 3.23. The van der Waals surface area contributed by atoms with Crippen LogP contribution in [0, 0.1) is 6.92 Å². The summed E-state index contributed by atoms with van der Waals surface area (Å²) in [6.07, 6.45) is 0.498. The minimum Gasteiger partial charge on any atom is -0.497 e. The molecule has 0 saturated carbocycles. The molecule has 1 aromatic heterocycles. The maximum absolute atomic E-state index is 11.6. The molecule has 1 N–H and O–H groups in total. The Morgan fingerprint density at radius 3 is 2.88 bits per heavy atom. The third-order valence-electron chi connectivity index (χ3n) is 4.73. The molecule has 140 valence electrons. The SMILES string of the molecule is COc1ccc(OC)c(-c2nc(CN3CCC(=O)NCC3C)c(C)o2)c1. The Balaban J connectivity index is 1.86. The lowest BCUT2D eigenvalue weighted by molar-refractivity contribution is -0.120. The number of amides is 1. The number of carbonyl (C=O) groups is 1. The zero-order valence-corrected chi connectivity index (χ0v) is 15.7. The van der Waals surface area contributed by atoms with Crippen molar-refractivity contribution in [1.29, 1.82) is 0 Å². The summed E-state index contributed by atoms with van der Waals surface area (Å²) in [6.45, 7) is 6.00. The molecule has 1 aromatic carbocycles. The molecule has 1 fully saturated rings. The number of ether oxygens (including phenoxy) is 2. The van der Waals surface area contributed by atoms with Crippen LogP contribution in [0.5, 0.6) is 11.5 Å². The average Bonchev–Trinajstić information content (AvgIpc) is 2.94. The number of oxazole rings is 1. The number of hydrogen-bond acceptors (Lipinski definition) is 6. The van der Waals surface area contributed by atoms with E-state index in [1.54, 1.807) is 14.2 Å². The summed E-state index contributed by atoms with van der Waals surface area (Å²) in [5.41, 5.74) is 1.62. The maximum atomic E-state index is 11.6. The van der Waals surface area contributed by atoms with Crippen LogP contribution in [0.4, 0.5) is 0 Å². The topological polar surface area (TPSA) is 76.8 Å². The molecule has 0 bridgehead atoms. The highest BCUT2D eigenvalue weighted by Crippen LogP contribution is 2.34. The van der Waals surface area contributed by atoms with E-state index in [4.69, 9.17) is 18.9 Å². The van der Waals surface area contributed by atoms with E-state index in [-0.39, 0.29) is 11.9 Å². The number of aromatic nitrogens is 1. The van der Waals surface area contributed by atoms with Gasteiger partial charge in [-0.05, 0) is 32.0 Å². The molecule has 0 aliphatic carbocycles. The molecular weight excluding hydrogens is 334 g/mol. The van der Waals surface area contributed by atoms with Crippen molar-refractivity contribution in [1.82, 2.24) is 15.2 Å². The zero-order chi connectivity index (χ0) is 18.7. The lowest BCUT2D eigenvalue weighted by Gasteiger charge is -2.25. The largest absolute Gasteiger partial charge is 0.497 e. The fourth-order valence-electron chi connectivity index (χ4n) is 3.04. The van der Waals surface area contributed by atoms with Gasteiger partial charge in [-0.15, -0.1) is 0 Å². The maximum Gasteiger partial charge on any atom is 0.230 e. The highest BCUT2D eigenvalue weighted by Gasteiger charge is 2.23. The first-order valence-corrected chi connectivity index (χ1v) is 8.71. The second kappa shape index (κ2) is 7.78. The Bertz CT molecular complexity index is 787. The number of carbonyl (C=O) groups excluding carboxylic acids is 1. The summed E-state index contributed by atoms with van der Waals surface area (Å²) in [6, 6.07) is 5.77. The average molecular weight is 359 g/mol. The van der Waals surface area contributed by atoms with Crippen LogP contribution in [0.25, 0.3) is 11.5 Å². The Kier molecular flexibility index (Phi) is 5.46. The van der Waals surface area contributed by atoms with E-state index in [1.807, 2.05) is 25.1 Å². The second-order valence-corrected chi connectivity index (χ2v) is 6.46. The smallest absolute Gasteiger partial charge is 0.230 e. The van der Waals surface area contributed by atoms with Crippen molar-refractivity contribution in [2.75, 3.05) is 27.3 Å². The molecule has 1 amide bonds. The van der Waals surface area contributed by atoms with Gasteiger partial charge >= 0.3 is 0 Å². The van der Waals surface area contributed by atoms with Gasteiger partial charge < -0.3 is 19.2 Å². The number of nitrogens with one attached hydrogen (secondary N) is 1. The van der Waals surface area contributed by atoms with Crippen LogP contribution in [-0.4, -0.2) is 49.1 Å². The Labute approximate surface area is 153 Å². The van der Waals surface area contributed by atoms with Crippen molar-refractivity contribution in [2.24, 2.45) is 0 Å². The van der Waals surface area contributed by atoms with E-state index in [0.717, 1.165) is 17.0 Å². The third kappa shape index (κ3) is 3.83. The first-order valence-electron chi connectivity index (χ1n) is 8.71. The van der Waals surface area contributed by atoms with Gasteiger partial charge in [-0.25, -0.2) is 4.98 Å². The Morgan fingerprint density at radius 2 is 2.15 bits per heavy atom. The van der Waals surface area contributed by atoms with Gasteiger partial charge in [0.15, 0.2) is 0 Å². The normalized spacial score (nSPS) is 18.3. The van der Waals surface area contributed by atoms with Crippen molar-refractivity contribution < 1.29 is 18.7 Å². The standard InChI is InChI=1S/C19H25N3O4/c1-12-10-20-18(23)7-8-22(12)11-16-13(2)26-19(21-16)15-9-14(24-3)5-6-17(15)25-4/h5-6,9,12H,7-8,10-11H2,1-4H3,(H,20,23). The Hall–Kier alpha value is -2.54. The quantitative estimate of drug-likeness (QED) is 0.883. The molecule has 0 radical (unpaired) electrons. The van der Waals surface area contributed by atoms with E-state index in [9.17, 15) is 4.79 Å². The van der Waals surface area contributed by atoms with Crippen molar-refractivity contribution >= 4 is 5.91 Å². The van der Waals surface area contributed by atoms with Crippen LogP contribution >= 0.6 is 0 Å². The molecule has 1 unspecified atom stereocenters. The lowest BCUT2D eigenvalue weighted by Crippen LogP contribution is -2.37. The van der Waals surface area contributed by atoms with Gasteiger partial charge in [0, 0.05) is 32.1 Å². The van der Waals surface area contributed by atoms with Gasteiger partial charge in [-0.3, -0.25) is 9.69 Å². The Morgan fingerprint density at radius 1 is 1.35 bits per heavy atom. The minimum atomic E-state index is 0.0954. The molecule has 1 saturated heterocycles. The summed E-state index contributed by atoms with van der Waals surface area (Å²) >= 11 is 0. The predicted molar refractivity (Wildman–Crippen MR) is 97.3 cm³/mol. The first-order chi connectivity index (χ1) is 12.5. The lowest BCUT2D eigenvalue weighted by atomic mass is 10.2. The molecule has 2 heterocycles. The van der Waals surface area contributed by atoms with Crippen LogP contribution < -0.4 is 14.8 Å². The molecule has 1 aliphatic rings. The van der Waals surface area contributed by atoms with Gasteiger partial charge in [0.05, 0.1) is 25.5 Å². The van der Waals surface area contributed by atoms with Crippen molar-refractivity contribution in [3.05, 3.63) is 29.7 Å². The van der Waals surface area contributed by atoms with E-state index >= 15 is 0 Å². The fraction of sp³-hybridized carbons (Fsp3) is 0.474. The van der Waals surface area contributed by atoms with Gasteiger partial charge in [0.25, 0.3) is 0 Å². The van der Waals surface area contributed by atoms with E-state index in [1.165, 1.54) is 0 Å². The highest BCUT2D eigenvalue weighted by molar-refractivity contribution is 5.76. The zero-order valence-electron chi connectivity index (χ0n) is 15.7. The van der Waals surface area contributed by atoms with Crippen LogP contribution in [0.1, 0.15) is 24.8 Å². The van der Waals surface area contributed by atoms with Crippen LogP contribution in [0.2, 0.25) is 0 Å². The molecular formula is C19H25N3O4. The summed E-state index contributed by atoms with van der Waals surface area (Å²) in [5.74, 6) is 2.75. The molecule has 7 heteroatoms. The monoisotopic (exact) mass is 359 g/mol. The highest BCUT2D eigenvalue weighted by atomic mass is 16.5. The van der Waals surface area contributed by atoms with Crippen LogP contribution in [0.15, 0.2) is 22.6 Å². The summed E-state index contributed by atoms with van der Waals surface area (Å²) in [4.78, 5) is 18.6. The fourth-order valence-corrected chi connectivity index (χ4v) is 3.04.